The maximum Gasteiger partial charge on any atom is 0.273 e. The number of rotatable bonds is 8. The lowest BCUT2D eigenvalue weighted by atomic mass is 10.3. The van der Waals surface area contributed by atoms with Crippen LogP contribution < -0.4 is 16.0 Å². The van der Waals surface area contributed by atoms with Crippen molar-refractivity contribution in [1.82, 2.24) is 35.5 Å². The first-order valence-electron chi connectivity index (χ1n) is 9.28. The van der Waals surface area contributed by atoms with E-state index >= 15 is 0 Å². The fraction of sp³-hybridized carbons (Fsp3) is 0.100. The number of benzene rings is 1. The van der Waals surface area contributed by atoms with Gasteiger partial charge in [0.25, 0.3) is 5.91 Å². The van der Waals surface area contributed by atoms with Crippen LogP contribution in [0, 0.1) is 0 Å². The SMILES string of the molecule is O=C(NCCNc1ccc(Nc2ccncc2)nn1)c1cnn(-c2ccccc2)n1. The summed E-state index contributed by atoms with van der Waals surface area (Å²) >= 11 is 0. The topological polar surface area (TPSA) is 123 Å². The molecule has 0 radical (unpaired) electrons. The molecule has 10 heteroatoms. The van der Waals surface area contributed by atoms with E-state index in [9.17, 15) is 4.79 Å². The summed E-state index contributed by atoms with van der Waals surface area (Å²) in [5, 5.41) is 25.6. The van der Waals surface area contributed by atoms with Crippen molar-refractivity contribution in [3.05, 3.63) is 78.9 Å². The molecule has 0 aliphatic carbocycles. The maximum atomic E-state index is 12.2. The summed E-state index contributed by atoms with van der Waals surface area (Å²) in [5.41, 5.74) is 1.93. The van der Waals surface area contributed by atoms with E-state index in [1.807, 2.05) is 54.6 Å². The van der Waals surface area contributed by atoms with Crippen molar-refractivity contribution >= 4 is 23.2 Å². The predicted octanol–water partition coefficient (Wildman–Crippen LogP) is 2.04. The van der Waals surface area contributed by atoms with E-state index in [-0.39, 0.29) is 11.6 Å². The minimum absolute atomic E-state index is 0.255. The second-order valence-corrected chi connectivity index (χ2v) is 6.20. The lowest BCUT2D eigenvalue weighted by Crippen LogP contribution is -2.29. The molecule has 30 heavy (non-hydrogen) atoms. The summed E-state index contributed by atoms with van der Waals surface area (Å²) < 4.78 is 0. The molecule has 10 nitrogen and oxygen atoms in total. The Labute approximate surface area is 172 Å². The van der Waals surface area contributed by atoms with E-state index in [1.54, 1.807) is 12.4 Å². The van der Waals surface area contributed by atoms with E-state index in [0.717, 1.165) is 11.4 Å². The van der Waals surface area contributed by atoms with Crippen molar-refractivity contribution in [1.29, 1.82) is 0 Å². The number of para-hydroxylation sites is 1. The Kier molecular flexibility index (Phi) is 5.85. The summed E-state index contributed by atoms with van der Waals surface area (Å²) in [4.78, 5) is 17.6. The lowest BCUT2D eigenvalue weighted by molar-refractivity contribution is 0.0950. The molecule has 0 saturated heterocycles. The molecule has 0 spiro atoms. The number of pyridine rings is 1. The van der Waals surface area contributed by atoms with Crippen molar-refractivity contribution in [3.8, 4) is 5.69 Å². The monoisotopic (exact) mass is 401 g/mol. The van der Waals surface area contributed by atoms with Crippen LogP contribution in [-0.2, 0) is 0 Å². The largest absolute Gasteiger partial charge is 0.367 e. The van der Waals surface area contributed by atoms with Gasteiger partial charge in [-0.25, -0.2) is 0 Å². The molecule has 4 aromatic rings. The fourth-order valence-corrected chi connectivity index (χ4v) is 2.59. The molecule has 0 fully saturated rings. The Morgan fingerprint density at radius 3 is 2.43 bits per heavy atom. The summed E-state index contributed by atoms with van der Waals surface area (Å²) in [6.07, 6.45) is 4.83. The summed E-state index contributed by atoms with van der Waals surface area (Å²) in [7, 11) is 0. The molecule has 0 atom stereocenters. The van der Waals surface area contributed by atoms with Crippen LogP contribution in [0.1, 0.15) is 10.5 Å². The third-order valence-electron chi connectivity index (χ3n) is 4.05. The second kappa shape index (κ2) is 9.24. The number of hydrogen-bond acceptors (Lipinski definition) is 8. The van der Waals surface area contributed by atoms with Gasteiger partial charge in [-0.3, -0.25) is 9.78 Å². The molecule has 3 N–H and O–H groups in total. The van der Waals surface area contributed by atoms with Crippen LogP contribution in [-0.4, -0.2) is 49.2 Å². The number of carbonyl (C=O) groups is 1. The van der Waals surface area contributed by atoms with Crippen LogP contribution in [0.2, 0.25) is 0 Å². The van der Waals surface area contributed by atoms with Crippen LogP contribution in [0.25, 0.3) is 5.69 Å². The highest BCUT2D eigenvalue weighted by atomic mass is 16.2. The van der Waals surface area contributed by atoms with Crippen LogP contribution in [0.5, 0.6) is 0 Å². The first-order chi connectivity index (χ1) is 14.8. The minimum Gasteiger partial charge on any atom is -0.367 e. The van der Waals surface area contributed by atoms with Crippen LogP contribution in [0.4, 0.5) is 17.3 Å². The highest BCUT2D eigenvalue weighted by molar-refractivity contribution is 5.91. The van der Waals surface area contributed by atoms with Crippen molar-refractivity contribution in [2.45, 2.75) is 0 Å². The standard InChI is InChI=1S/C20H19N9O/c30-20(17-14-24-29(28-17)16-4-2-1-3-5-16)23-13-12-22-18-6-7-19(27-26-18)25-15-8-10-21-11-9-15/h1-11,14H,12-13H2,(H,22,26)(H,23,30)(H,21,25,27). The van der Waals surface area contributed by atoms with Crippen LogP contribution in [0.15, 0.2) is 73.2 Å². The highest BCUT2D eigenvalue weighted by Crippen LogP contribution is 2.13. The average molecular weight is 401 g/mol. The summed E-state index contributed by atoms with van der Waals surface area (Å²) in [6.45, 7) is 0.889. The smallest absolute Gasteiger partial charge is 0.273 e. The third-order valence-corrected chi connectivity index (χ3v) is 4.05. The van der Waals surface area contributed by atoms with E-state index < -0.39 is 0 Å². The van der Waals surface area contributed by atoms with Gasteiger partial charge in [0.2, 0.25) is 0 Å². The van der Waals surface area contributed by atoms with Crippen LogP contribution in [0.3, 0.4) is 0 Å². The molecule has 0 saturated carbocycles. The zero-order chi connectivity index (χ0) is 20.6. The zero-order valence-corrected chi connectivity index (χ0v) is 15.9. The van der Waals surface area contributed by atoms with Gasteiger partial charge in [0, 0.05) is 31.2 Å². The Bertz CT molecular complexity index is 1080. The predicted molar refractivity (Wildman–Crippen MR) is 112 cm³/mol. The fourth-order valence-electron chi connectivity index (χ4n) is 2.59. The molecule has 0 aliphatic rings. The molecule has 4 rings (SSSR count). The number of aromatic nitrogens is 6. The van der Waals surface area contributed by atoms with Crippen molar-refractivity contribution in [2.75, 3.05) is 23.7 Å². The minimum atomic E-state index is -0.290. The van der Waals surface area contributed by atoms with Gasteiger partial charge in [-0.1, -0.05) is 18.2 Å². The van der Waals surface area contributed by atoms with E-state index in [4.69, 9.17) is 0 Å². The first-order valence-corrected chi connectivity index (χ1v) is 9.28. The Balaban J connectivity index is 1.22. The van der Waals surface area contributed by atoms with Gasteiger partial charge in [-0.2, -0.15) is 9.90 Å². The number of amides is 1. The average Bonchev–Trinajstić information content (AvgIpc) is 3.30. The number of nitrogens with one attached hydrogen (secondary N) is 3. The first kappa shape index (κ1) is 19.0. The Morgan fingerprint density at radius 1 is 0.900 bits per heavy atom. The molecular weight excluding hydrogens is 382 g/mol. The van der Waals surface area contributed by atoms with E-state index in [0.29, 0.717) is 24.7 Å². The molecule has 1 amide bonds. The summed E-state index contributed by atoms with van der Waals surface area (Å²) in [6, 6.07) is 16.7. The lowest BCUT2D eigenvalue weighted by Gasteiger charge is -2.07. The second-order valence-electron chi connectivity index (χ2n) is 6.20. The van der Waals surface area contributed by atoms with Crippen molar-refractivity contribution in [3.63, 3.8) is 0 Å². The normalized spacial score (nSPS) is 10.4. The zero-order valence-electron chi connectivity index (χ0n) is 15.9. The maximum absolute atomic E-state index is 12.2. The van der Waals surface area contributed by atoms with Gasteiger partial charge in [0.1, 0.15) is 5.82 Å². The molecule has 150 valence electrons. The van der Waals surface area contributed by atoms with Gasteiger partial charge in [0.15, 0.2) is 11.5 Å². The molecule has 0 bridgehead atoms. The number of anilines is 3. The Hall–Kier alpha value is -4.34. The molecule has 1 aromatic carbocycles. The Morgan fingerprint density at radius 2 is 1.67 bits per heavy atom. The van der Waals surface area contributed by atoms with Gasteiger partial charge >= 0.3 is 0 Å². The number of nitrogens with zero attached hydrogens (tertiary/aromatic N) is 6. The molecular formula is C20H19N9O. The quantitative estimate of drug-likeness (QED) is 0.383. The molecule has 0 aliphatic heterocycles. The van der Waals surface area contributed by atoms with E-state index in [2.05, 4.69) is 41.3 Å². The molecule has 0 unspecified atom stereocenters. The van der Waals surface area contributed by atoms with Crippen LogP contribution >= 0.6 is 0 Å². The van der Waals surface area contributed by atoms with Gasteiger partial charge < -0.3 is 16.0 Å². The number of carbonyl (C=O) groups excluding carboxylic acids is 1. The number of hydrogen-bond donors (Lipinski definition) is 3. The third kappa shape index (κ3) is 4.93. The van der Waals surface area contributed by atoms with Crippen molar-refractivity contribution < 1.29 is 4.79 Å². The highest BCUT2D eigenvalue weighted by Gasteiger charge is 2.10. The van der Waals surface area contributed by atoms with Gasteiger partial charge in [0.05, 0.1) is 11.9 Å². The molecule has 3 aromatic heterocycles. The summed E-state index contributed by atoms with van der Waals surface area (Å²) in [5.74, 6) is 0.947. The van der Waals surface area contributed by atoms with Gasteiger partial charge in [-0.05, 0) is 36.4 Å². The van der Waals surface area contributed by atoms with Crippen molar-refractivity contribution in [2.24, 2.45) is 0 Å². The van der Waals surface area contributed by atoms with Gasteiger partial charge in [-0.15, -0.1) is 15.3 Å². The molecule has 3 heterocycles. The van der Waals surface area contributed by atoms with E-state index in [1.165, 1.54) is 11.0 Å².